The molecule has 2 aromatic rings. The summed E-state index contributed by atoms with van der Waals surface area (Å²) >= 11 is 1.43. The molecule has 1 aromatic carbocycles. The van der Waals surface area contributed by atoms with Crippen LogP contribution in [-0.4, -0.2) is 69.3 Å². The molecule has 0 bridgehead atoms. The molecule has 33 heavy (non-hydrogen) atoms. The van der Waals surface area contributed by atoms with Crippen molar-refractivity contribution in [3.63, 3.8) is 0 Å². The Morgan fingerprint density at radius 1 is 1.21 bits per heavy atom. The van der Waals surface area contributed by atoms with Crippen molar-refractivity contribution >= 4 is 22.6 Å². The van der Waals surface area contributed by atoms with Crippen molar-refractivity contribution in [2.24, 2.45) is 0 Å². The van der Waals surface area contributed by atoms with Crippen molar-refractivity contribution in [3.8, 4) is 17.0 Å². The summed E-state index contributed by atoms with van der Waals surface area (Å²) in [6.45, 7) is 8.63. The second-order valence-electron chi connectivity index (χ2n) is 8.24. The van der Waals surface area contributed by atoms with Gasteiger partial charge >= 0.3 is 6.09 Å². The molecule has 0 radical (unpaired) electrons. The maximum Gasteiger partial charge on any atom is 0.407 e. The van der Waals surface area contributed by atoms with Crippen LogP contribution >= 0.6 is 11.3 Å². The first-order valence-electron chi connectivity index (χ1n) is 10.7. The average molecular weight is 486 g/mol. The van der Waals surface area contributed by atoms with Crippen molar-refractivity contribution in [1.29, 1.82) is 0 Å². The van der Waals surface area contributed by atoms with Gasteiger partial charge in [-0.3, -0.25) is 0 Å². The fraction of sp³-hybridized carbons (Fsp3) is 0.545. The van der Waals surface area contributed by atoms with Gasteiger partial charge in [-0.1, -0.05) is 0 Å². The average Bonchev–Trinajstić information content (AvgIpc) is 3.25. The molecule has 1 amide bonds. The van der Waals surface area contributed by atoms with Gasteiger partial charge in [0.2, 0.25) is 5.82 Å². The fourth-order valence-electron chi connectivity index (χ4n) is 3.01. The molecule has 0 aliphatic carbocycles. The van der Waals surface area contributed by atoms with E-state index in [0.29, 0.717) is 24.5 Å². The van der Waals surface area contributed by atoms with Gasteiger partial charge in [0.05, 0.1) is 32.1 Å². The molecular weight excluding hydrogens is 456 g/mol. The van der Waals surface area contributed by atoms with Gasteiger partial charge in [-0.05, 0) is 32.9 Å². The maximum atomic E-state index is 14.5. The predicted octanol–water partition coefficient (Wildman–Crippen LogP) is 3.85. The molecule has 0 spiro atoms. The Bertz CT molecular complexity index is 929. The zero-order valence-corrected chi connectivity index (χ0v) is 19.8. The topological polar surface area (TPSA) is 82.2 Å². The first-order valence-corrected chi connectivity index (χ1v) is 11.6. The van der Waals surface area contributed by atoms with Crippen molar-refractivity contribution < 1.29 is 32.5 Å². The number of ether oxygens (including phenoxy) is 4. The standard InChI is InChI=1S/C22H29F2N3O5S/c1-22(2,3)32-21(28)25-6-9-29-12-13-31-19-15(4-5-16(23)18(19)24)17-14-33-20(26-17)27-7-10-30-11-8-27/h4-5,14H,6-13H2,1-3H3,(H,25,28). The van der Waals surface area contributed by atoms with Gasteiger partial charge in [0.25, 0.3) is 0 Å². The Hall–Kier alpha value is -2.50. The van der Waals surface area contributed by atoms with Crippen molar-refractivity contribution in [1.82, 2.24) is 10.3 Å². The molecule has 2 heterocycles. The number of hydrogen-bond acceptors (Lipinski definition) is 8. The molecule has 0 unspecified atom stereocenters. The third kappa shape index (κ3) is 7.51. The van der Waals surface area contributed by atoms with Crippen LogP contribution in [0.25, 0.3) is 11.3 Å². The number of benzene rings is 1. The van der Waals surface area contributed by atoms with Crippen molar-refractivity contribution in [2.45, 2.75) is 26.4 Å². The van der Waals surface area contributed by atoms with Gasteiger partial charge in [0, 0.05) is 30.6 Å². The first-order chi connectivity index (χ1) is 15.7. The quantitative estimate of drug-likeness (QED) is 0.541. The van der Waals surface area contributed by atoms with Gasteiger partial charge in [0.1, 0.15) is 12.2 Å². The van der Waals surface area contributed by atoms with Gasteiger partial charge in [-0.25, -0.2) is 14.2 Å². The molecule has 8 nitrogen and oxygen atoms in total. The summed E-state index contributed by atoms with van der Waals surface area (Å²) in [5.41, 5.74) is 0.306. The highest BCUT2D eigenvalue weighted by atomic mass is 32.1. The number of carbonyl (C=O) groups is 1. The number of anilines is 1. The molecule has 1 aliphatic rings. The van der Waals surface area contributed by atoms with Crippen LogP contribution in [0.4, 0.5) is 18.7 Å². The summed E-state index contributed by atoms with van der Waals surface area (Å²) in [4.78, 5) is 18.2. The zero-order chi connectivity index (χ0) is 23.8. The number of morpholine rings is 1. The van der Waals surface area contributed by atoms with Crippen LogP contribution in [0.1, 0.15) is 20.8 Å². The lowest BCUT2D eigenvalue weighted by Crippen LogP contribution is -2.36. The zero-order valence-electron chi connectivity index (χ0n) is 19.0. The monoisotopic (exact) mass is 485 g/mol. The molecule has 3 rings (SSSR count). The predicted molar refractivity (Wildman–Crippen MR) is 121 cm³/mol. The van der Waals surface area contributed by atoms with E-state index in [0.717, 1.165) is 24.3 Å². The third-order valence-corrected chi connectivity index (χ3v) is 5.39. The van der Waals surface area contributed by atoms with Crippen molar-refractivity contribution in [2.75, 3.05) is 57.6 Å². The number of halogens is 2. The Morgan fingerprint density at radius 2 is 1.97 bits per heavy atom. The Kier molecular flexibility index (Phi) is 8.81. The molecular formula is C22H29F2N3O5S. The smallest absolute Gasteiger partial charge is 0.407 e. The number of aromatic nitrogens is 1. The minimum Gasteiger partial charge on any atom is -0.487 e. The number of nitrogens with zero attached hydrogens (tertiary/aromatic N) is 2. The fourth-order valence-corrected chi connectivity index (χ4v) is 3.89. The third-order valence-electron chi connectivity index (χ3n) is 4.49. The largest absolute Gasteiger partial charge is 0.487 e. The highest BCUT2D eigenvalue weighted by Crippen LogP contribution is 2.36. The van der Waals surface area contributed by atoms with Crippen LogP contribution < -0.4 is 15.0 Å². The van der Waals surface area contributed by atoms with E-state index in [9.17, 15) is 13.6 Å². The lowest BCUT2D eigenvalue weighted by Gasteiger charge is -2.26. The summed E-state index contributed by atoms with van der Waals surface area (Å²) in [5, 5.41) is 5.16. The summed E-state index contributed by atoms with van der Waals surface area (Å²) < 4.78 is 49.8. The number of carbonyl (C=O) groups excluding carboxylic acids is 1. The summed E-state index contributed by atoms with van der Waals surface area (Å²) in [6.07, 6.45) is -0.534. The number of amides is 1. The van der Waals surface area contributed by atoms with Gasteiger partial charge in [-0.15, -0.1) is 11.3 Å². The normalized spacial score (nSPS) is 14.3. The van der Waals surface area contributed by atoms with E-state index in [1.54, 1.807) is 26.2 Å². The van der Waals surface area contributed by atoms with Crippen LogP contribution in [0.5, 0.6) is 5.75 Å². The maximum absolute atomic E-state index is 14.5. The highest BCUT2D eigenvalue weighted by molar-refractivity contribution is 7.14. The van der Waals surface area contributed by atoms with E-state index in [2.05, 4.69) is 15.2 Å². The van der Waals surface area contributed by atoms with E-state index in [-0.39, 0.29) is 32.1 Å². The SMILES string of the molecule is CC(C)(C)OC(=O)NCCOCCOc1c(-c2csc(N3CCOCC3)n2)ccc(F)c1F. The highest BCUT2D eigenvalue weighted by Gasteiger charge is 2.21. The number of alkyl carbamates (subject to hydrolysis) is 1. The van der Waals surface area contributed by atoms with E-state index in [1.165, 1.54) is 17.4 Å². The Morgan fingerprint density at radius 3 is 2.70 bits per heavy atom. The second kappa shape index (κ2) is 11.6. The number of nitrogens with one attached hydrogen (secondary N) is 1. The molecule has 1 N–H and O–H groups in total. The van der Waals surface area contributed by atoms with Crippen LogP contribution in [0.2, 0.25) is 0 Å². The van der Waals surface area contributed by atoms with Crippen LogP contribution in [0.3, 0.4) is 0 Å². The summed E-state index contributed by atoms with van der Waals surface area (Å²) in [6, 6.07) is 2.52. The molecule has 11 heteroatoms. The molecule has 182 valence electrons. The minimum absolute atomic E-state index is 0.000267. The van der Waals surface area contributed by atoms with E-state index >= 15 is 0 Å². The van der Waals surface area contributed by atoms with E-state index in [1.807, 2.05) is 0 Å². The van der Waals surface area contributed by atoms with Crippen molar-refractivity contribution in [3.05, 3.63) is 29.1 Å². The molecule has 1 saturated heterocycles. The van der Waals surface area contributed by atoms with Crippen LogP contribution in [0.15, 0.2) is 17.5 Å². The summed E-state index contributed by atoms with van der Waals surface area (Å²) in [7, 11) is 0. The number of rotatable bonds is 9. The van der Waals surface area contributed by atoms with Crippen LogP contribution in [-0.2, 0) is 14.2 Å². The van der Waals surface area contributed by atoms with Gasteiger partial charge < -0.3 is 29.2 Å². The lowest BCUT2D eigenvalue weighted by molar-refractivity contribution is 0.0488. The molecule has 1 aliphatic heterocycles. The lowest BCUT2D eigenvalue weighted by atomic mass is 10.1. The van der Waals surface area contributed by atoms with Crippen LogP contribution in [0, 0.1) is 11.6 Å². The first kappa shape index (κ1) is 25.1. The van der Waals surface area contributed by atoms with E-state index in [4.69, 9.17) is 18.9 Å². The summed E-state index contributed by atoms with van der Waals surface area (Å²) in [5.74, 6) is -2.27. The molecule has 0 atom stereocenters. The number of thiazole rings is 1. The Balaban J connectivity index is 1.52. The molecule has 1 aromatic heterocycles. The second-order valence-corrected chi connectivity index (χ2v) is 9.08. The van der Waals surface area contributed by atoms with Gasteiger partial charge in [-0.2, -0.15) is 4.39 Å². The minimum atomic E-state index is -1.07. The van der Waals surface area contributed by atoms with E-state index < -0.39 is 23.3 Å². The molecule has 0 saturated carbocycles. The molecule has 1 fully saturated rings. The Labute approximate surface area is 195 Å². The van der Waals surface area contributed by atoms with Gasteiger partial charge in [0.15, 0.2) is 16.7 Å². The number of hydrogen-bond donors (Lipinski definition) is 1.